The number of urea groups is 1. The SMILES string of the molecule is CCOc1ccc(NC(=O)C[C@H]2C(=O)N(c3cccc(Cl)c3)C(=O)N2Cc2ccc3c(c2)OCO3)cc1. The quantitative estimate of drug-likeness (QED) is 0.426. The fourth-order valence-electron chi connectivity index (χ4n) is 4.29. The highest BCUT2D eigenvalue weighted by Gasteiger charge is 2.46. The molecule has 3 aromatic carbocycles. The standard InChI is InChI=1S/C27H24ClN3O6/c1-2-35-21-9-7-19(8-10-21)29-25(32)14-22-26(33)31(20-5-3-4-18(28)13-20)27(34)30(22)15-17-6-11-23-24(12-17)37-16-36-23/h3-13,22H,2,14-16H2,1H3,(H,29,32)/t22-/m0/s1. The Balaban J connectivity index is 1.38. The number of hydrogen-bond acceptors (Lipinski definition) is 6. The minimum atomic E-state index is -1.01. The summed E-state index contributed by atoms with van der Waals surface area (Å²) in [6.07, 6.45) is -0.223. The van der Waals surface area contributed by atoms with E-state index in [1.54, 1.807) is 66.7 Å². The van der Waals surface area contributed by atoms with E-state index in [9.17, 15) is 14.4 Å². The third-order valence-corrected chi connectivity index (χ3v) is 6.24. The van der Waals surface area contributed by atoms with Gasteiger partial charge in [-0.05, 0) is 67.1 Å². The van der Waals surface area contributed by atoms with E-state index in [1.807, 2.05) is 6.92 Å². The van der Waals surface area contributed by atoms with Crippen molar-refractivity contribution >= 4 is 40.8 Å². The zero-order valence-corrected chi connectivity index (χ0v) is 20.7. The van der Waals surface area contributed by atoms with Gasteiger partial charge in [-0.2, -0.15) is 0 Å². The van der Waals surface area contributed by atoms with Crippen LogP contribution in [0.3, 0.4) is 0 Å². The first kappa shape index (κ1) is 24.5. The molecule has 1 fully saturated rings. The number of hydrogen-bond donors (Lipinski definition) is 1. The van der Waals surface area contributed by atoms with Crippen molar-refractivity contribution in [3.63, 3.8) is 0 Å². The molecule has 2 aliphatic heterocycles. The number of nitrogens with one attached hydrogen (secondary N) is 1. The van der Waals surface area contributed by atoms with Gasteiger partial charge in [0.25, 0.3) is 5.91 Å². The second-order valence-electron chi connectivity index (χ2n) is 8.48. The maximum atomic E-state index is 13.5. The zero-order chi connectivity index (χ0) is 25.9. The van der Waals surface area contributed by atoms with E-state index in [4.69, 9.17) is 25.8 Å². The van der Waals surface area contributed by atoms with Crippen LogP contribution in [0, 0.1) is 0 Å². The summed E-state index contributed by atoms with van der Waals surface area (Å²) in [7, 11) is 0. The molecule has 37 heavy (non-hydrogen) atoms. The van der Waals surface area contributed by atoms with Gasteiger partial charge in [0.15, 0.2) is 11.5 Å². The van der Waals surface area contributed by atoms with Crippen molar-refractivity contribution in [2.45, 2.75) is 25.9 Å². The van der Waals surface area contributed by atoms with E-state index in [0.29, 0.717) is 40.3 Å². The van der Waals surface area contributed by atoms with Crippen molar-refractivity contribution in [2.75, 3.05) is 23.6 Å². The number of nitrogens with zero attached hydrogens (tertiary/aromatic N) is 2. The van der Waals surface area contributed by atoms with Crippen LogP contribution in [0.4, 0.5) is 16.2 Å². The molecule has 0 aromatic heterocycles. The number of carbonyl (C=O) groups excluding carboxylic acids is 3. The number of fused-ring (bicyclic) bond motifs is 1. The Bertz CT molecular complexity index is 1350. The van der Waals surface area contributed by atoms with Crippen LogP contribution in [0.1, 0.15) is 18.9 Å². The fourth-order valence-corrected chi connectivity index (χ4v) is 4.48. The normalized spacial score (nSPS) is 16.3. The van der Waals surface area contributed by atoms with Crippen LogP contribution in [-0.4, -0.2) is 42.2 Å². The third-order valence-electron chi connectivity index (χ3n) is 6.00. The molecule has 0 bridgehead atoms. The van der Waals surface area contributed by atoms with E-state index < -0.39 is 23.9 Å². The Labute approximate surface area is 218 Å². The molecule has 1 N–H and O–H groups in total. The summed E-state index contributed by atoms with van der Waals surface area (Å²) < 4.78 is 16.2. The van der Waals surface area contributed by atoms with Gasteiger partial charge < -0.3 is 24.4 Å². The molecule has 0 saturated carbocycles. The van der Waals surface area contributed by atoms with Gasteiger partial charge >= 0.3 is 6.03 Å². The number of carbonyl (C=O) groups is 3. The minimum absolute atomic E-state index is 0.0965. The predicted molar refractivity (Wildman–Crippen MR) is 137 cm³/mol. The molecule has 190 valence electrons. The Morgan fingerprint density at radius 1 is 1.05 bits per heavy atom. The highest BCUT2D eigenvalue weighted by molar-refractivity contribution is 6.31. The lowest BCUT2D eigenvalue weighted by molar-refractivity contribution is -0.124. The van der Waals surface area contributed by atoms with Crippen LogP contribution in [0.15, 0.2) is 66.7 Å². The number of imide groups is 1. The van der Waals surface area contributed by atoms with E-state index in [0.717, 1.165) is 10.5 Å². The van der Waals surface area contributed by atoms with Gasteiger partial charge in [-0.25, -0.2) is 9.69 Å². The maximum absolute atomic E-state index is 13.5. The summed E-state index contributed by atoms with van der Waals surface area (Å²) in [6.45, 7) is 2.64. The van der Waals surface area contributed by atoms with E-state index in [1.165, 1.54) is 4.90 Å². The Hall–Kier alpha value is -4.24. The van der Waals surface area contributed by atoms with E-state index in [2.05, 4.69) is 5.32 Å². The maximum Gasteiger partial charge on any atom is 0.332 e. The van der Waals surface area contributed by atoms with Crippen LogP contribution in [0.5, 0.6) is 17.2 Å². The summed E-state index contributed by atoms with van der Waals surface area (Å²) in [5.41, 5.74) is 1.63. The number of amides is 4. The van der Waals surface area contributed by atoms with Crippen LogP contribution in [0.2, 0.25) is 5.02 Å². The molecule has 2 heterocycles. The summed E-state index contributed by atoms with van der Waals surface area (Å²) in [5.74, 6) is 0.948. The van der Waals surface area contributed by atoms with Crippen molar-refractivity contribution in [3.05, 3.63) is 77.3 Å². The van der Waals surface area contributed by atoms with Crippen molar-refractivity contribution in [1.82, 2.24) is 4.90 Å². The molecule has 0 aliphatic carbocycles. The summed E-state index contributed by atoms with van der Waals surface area (Å²) in [5, 5.41) is 3.18. The molecule has 10 heteroatoms. The van der Waals surface area contributed by atoms with Gasteiger partial charge in [0.2, 0.25) is 12.7 Å². The molecule has 0 radical (unpaired) electrons. The number of ether oxygens (including phenoxy) is 3. The molecule has 1 atom stereocenters. The van der Waals surface area contributed by atoms with Gasteiger partial charge in [0, 0.05) is 17.3 Å². The van der Waals surface area contributed by atoms with Crippen molar-refractivity contribution in [3.8, 4) is 17.2 Å². The Morgan fingerprint density at radius 2 is 1.84 bits per heavy atom. The number of benzene rings is 3. The lowest BCUT2D eigenvalue weighted by Gasteiger charge is -2.22. The molecule has 9 nitrogen and oxygen atoms in total. The number of halogens is 1. The first-order valence-electron chi connectivity index (χ1n) is 11.7. The van der Waals surface area contributed by atoms with Gasteiger partial charge in [-0.3, -0.25) is 9.59 Å². The topological polar surface area (TPSA) is 97.4 Å². The van der Waals surface area contributed by atoms with E-state index in [-0.39, 0.29) is 19.8 Å². The predicted octanol–water partition coefficient (Wildman–Crippen LogP) is 4.83. The van der Waals surface area contributed by atoms with Crippen LogP contribution < -0.4 is 24.4 Å². The molecule has 0 unspecified atom stereocenters. The van der Waals surface area contributed by atoms with Crippen molar-refractivity contribution < 1.29 is 28.6 Å². The molecule has 1 saturated heterocycles. The summed E-state index contributed by atoms with van der Waals surface area (Å²) >= 11 is 6.12. The van der Waals surface area contributed by atoms with Gasteiger partial charge in [0.1, 0.15) is 11.8 Å². The van der Waals surface area contributed by atoms with E-state index >= 15 is 0 Å². The Morgan fingerprint density at radius 3 is 2.59 bits per heavy atom. The molecule has 3 aromatic rings. The highest BCUT2D eigenvalue weighted by Crippen LogP contribution is 2.35. The second-order valence-corrected chi connectivity index (χ2v) is 8.91. The van der Waals surface area contributed by atoms with Crippen LogP contribution in [-0.2, 0) is 16.1 Å². The summed E-state index contributed by atoms with van der Waals surface area (Å²) in [6, 6.07) is 17.2. The minimum Gasteiger partial charge on any atom is -0.494 e. The Kier molecular flexibility index (Phi) is 6.87. The number of anilines is 2. The average Bonchev–Trinajstić information content (AvgIpc) is 3.43. The lowest BCUT2D eigenvalue weighted by Crippen LogP contribution is -2.37. The smallest absolute Gasteiger partial charge is 0.332 e. The van der Waals surface area contributed by atoms with Crippen molar-refractivity contribution in [1.29, 1.82) is 0 Å². The molecule has 4 amide bonds. The second kappa shape index (κ2) is 10.4. The molecular formula is C27H24ClN3O6. The van der Waals surface area contributed by atoms with Crippen LogP contribution >= 0.6 is 11.6 Å². The fraction of sp³-hybridized carbons (Fsp3) is 0.222. The van der Waals surface area contributed by atoms with Crippen molar-refractivity contribution in [2.24, 2.45) is 0 Å². The van der Waals surface area contributed by atoms with Gasteiger partial charge in [-0.15, -0.1) is 0 Å². The number of rotatable bonds is 8. The largest absolute Gasteiger partial charge is 0.494 e. The molecule has 0 spiro atoms. The first-order chi connectivity index (χ1) is 17.9. The molecule has 2 aliphatic rings. The zero-order valence-electron chi connectivity index (χ0n) is 20.0. The molecular weight excluding hydrogens is 498 g/mol. The highest BCUT2D eigenvalue weighted by atomic mass is 35.5. The average molecular weight is 522 g/mol. The first-order valence-corrected chi connectivity index (χ1v) is 12.1. The molecule has 5 rings (SSSR count). The van der Waals surface area contributed by atoms with Gasteiger partial charge in [0.05, 0.1) is 18.7 Å². The summed E-state index contributed by atoms with van der Waals surface area (Å²) in [4.78, 5) is 42.4. The monoisotopic (exact) mass is 521 g/mol. The third kappa shape index (κ3) is 5.17. The lowest BCUT2D eigenvalue weighted by atomic mass is 10.1. The van der Waals surface area contributed by atoms with Crippen LogP contribution in [0.25, 0.3) is 0 Å². The van der Waals surface area contributed by atoms with Gasteiger partial charge in [-0.1, -0.05) is 23.7 Å².